The molecule has 0 aliphatic rings. The minimum atomic E-state index is -1.23. The molecule has 36 heavy (non-hydrogen) atoms. The molecule has 0 spiro atoms. The van der Waals surface area contributed by atoms with Gasteiger partial charge in [-0.05, 0) is 56.9 Å². The molecule has 0 saturated carbocycles. The number of carboxylic acids is 1. The van der Waals surface area contributed by atoms with Crippen molar-refractivity contribution >= 4 is 34.1 Å². The van der Waals surface area contributed by atoms with E-state index >= 15 is 0 Å². The van der Waals surface area contributed by atoms with E-state index in [1.54, 1.807) is 19.2 Å². The standard InChI is InChI=1S/C26H26N4O5S/c1-15-22(16-5-8-18(35-4)9-6-16)21(14-27)25(36-15)29-24(32)20-13-17(26(33)34)7-10-19(20)23(31)28-11-12-30(2)3/h5-10,13H,11-12H2,1-4H3,(H,28,31)(H,29,32)(H,33,34). The van der Waals surface area contributed by atoms with Crippen LogP contribution in [-0.2, 0) is 0 Å². The van der Waals surface area contributed by atoms with Crippen molar-refractivity contribution in [3.8, 4) is 22.9 Å². The number of hydrogen-bond donors (Lipinski definition) is 3. The lowest BCUT2D eigenvalue weighted by molar-refractivity contribution is 0.0696. The van der Waals surface area contributed by atoms with Crippen LogP contribution in [0.15, 0.2) is 42.5 Å². The van der Waals surface area contributed by atoms with Gasteiger partial charge in [-0.15, -0.1) is 11.3 Å². The van der Waals surface area contributed by atoms with Crippen molar-refractivity contribution in [3.63, 3.8) is 0 Å². The van der Waals surface area contributed by atoms with Gasteiger partial charge in [0.2, 0.25) is 0 Å². The first-order chi connectivity index (χ1) is 17.2. The summed E-state index contributed by atoms with van der Waals surface area (Å²) in [6, 6.07) is 13.1. The van der Waals surface area contributed by atoms with Crippen LogP contribution in [0.4, 0.5) is 5.00 Å². The number of thiophene rings is 1. The highest BCUT2D eigenvalue weighted by molar-refractivity contribution is 7.17. The van der Waals surface area contributed by atoms with Crippen molar-refractivity contribution in [2.24, 2.45) is 0 Å². The van der Waals surface area contributed by atoms with Crippen molar-refractivity contribution in [2.75, 3.05) is 39.6 Å². The van der Waals surface area contributed by atoms with E-state index < -0.39 is 17.8 Å². The molecular formula is C26H26N4O5S. The molecule has 1 aromatic heterocycles. The highest BCUT2D eigenvalue weighted by Crippen LogP contribution is 2.40. The van der Waals surface area contributed by atoms with Gasteiger partial charge in [0.25, 0.3) is 11.8 Å². The predicted molar refractivity (Wildman–Crippen MR) is 138 cm³/mol. The van der Waals surface area contributed by atoms with Crippen LogP contribution in [0, 0.1) is 18.3 Å². The van der Waals surface area contributed by atoms with Gasteiger partial charge in [-0.1, -0.05) is 12.1 Å². The molecule has 0 radical (unpaired) electrons. The number of nitrogens with one attached hydrogen (secondary N) is 2. The summed E-state index contributed by atoms with van der Waals surface area (Å²) < 4.78 is 5.20. The summed E-state index contributed by atoms with van der Waals surface area (Å²) in [6.07, 6.45) is 0. The van der Waals surface area contributed by atoms with E-state index in [1.165, 1.54) is 23.5 Å². The third-order valence-electron chi connectivity index (χ3n) is 5.40. The zero-order valence-electron chi connectivity index (χ0n) is 20.3. The van der Waals surface area contributed by atoms with Gasteiger partial charge in [0.15, 0.2) is 0 Å². The number of aryl methyl sites for hydroxylation is 1. The molecule has 0 aliphatic heterocycles. The largest absolute Gasteiger partial charge is 0.497 e. The van der Waals surface area contributed by atoms with Crippen LogP contribution >= 0.6 is 11.3 Å². The van der Waals surface area contributed by atoms with Crippen molar-refractivity contribution in [1.82, 2.24) is 10.2 Å². The molecule has 9 nitrogen and oxygen atoms in total. The van der Waals surface area contributed by atoms with Gasteiger partial charge in [-0.25, -0.2) is 4.79 Å². The summed E-state index contributed by atoms with van der Waals surface area (Å²) in [7, 11) is 5.29. The Hall–Kier alpha value is -4.20. The van der Waals surface area contributed by atoms with Crippen molar-refractivity contribution < 1.29 is 24.2 Å². The van der Waals surface area contributed by atoms with Gasteiger partial charge in [0.05, 0.1) is 29.4 Å². The van der Waals surface area contributed by atoms with E-state index in [-0.39, 0.29) is 22.3 Å². The third kappa shape index (κ3) is 5.89. The third-order valence-corrected chi connectivity index (χ3v) is 6.42. The minimum Gasteiger partial charge on any atom is -0.497 e. The van der Waals surface area contributed by atoms with E-state index in [9.17, 15) is 24.8 Å². The molecule has 1 heterocycles. The van der Waals surface area contributed by atoms with Gasteiger partial charge in [-0.3, -0.25) is 9.59 Å². The molecule has 0 saturated heterocycles. The molecule has 0 unspecified atom stereocenters. The lowest BCUT2D eigenvalue weighted by atomic mass is 10.0. The fourth-order valence-electron chi connectivity index (χ4n) is 3.57. The molecule has 2 amide bonds. The number of amides is 2. The van der Waals surface area contributed by atoms with E-state index in [0.29, 0.717) is 29.4 Å². The second-order valence-corrected chi connectivity index (χ2v) is 9.38. The Bertz CT molecular complexity index is 1340. The molecule has 3 N–H and O–H groups in total. The molecule has 0 aliphatic carbocycles. The number of nitrogens with zero attached hydrogens (tertiary/aromatic N) is 2. The average molecular weight is 507 g/mol. The first-order valence-electron chi connectivity index (χ1n) is 11.0. The zero-order valence-corrected chi connectivity index (χ0v) is 21.2. The van der Waals surface area contributed by atoms with Crippen LogP contribution in [0.3, 0.4) is 0 Å². The molecular weight excluding hydrogens is 480 g/mol. The smallest absolute Gasteiger partial charge is 0.335 e. The van der Waals surface area contributed by atoms with E-state index in [2.05, 4.69) is 16.7 Å². The number of nitriles is 1. The number of rotatable bonds is 9. The van der Waals surface area contributed by atoms with Gasteiger partial charge in [0.1, 0.15) is 16.8 Å². The maximum absolute atomic E-state index is 13.3. The number of carboxylic acid groups (broad SMARTS) is 1. The van der Waals surface area contributed by atoms with Crippen LogP contribution in [0.2, 0.25) is 0 Å². The highest BCUT2D eigenvalue weighted by atomic mass is 32.1. The summed E-state index contributed by atoms with van der Waals surface area (Å²) in [5.41, 5.74) is 1.56. The maximum atomic E-state index is 13.3. The normalized spacial score (nSPS) is 10.6. The predicted octanol–water partition coefficient (Wildman–Crippen LogP) is 3.85. The highest BCUT2D eigenvalue weighted by Gasteiger charge is 2.23. The number of ether oxygens (including phenoxy) is 1. The summed E-state index contributed by atoms with van der Waals surface area (Å²) >= 11 is 1.23. The van der Waals surface area contributed by atoms with E-state index in [4.69, 9.17) is 4.74 Å². The lowest BCUT2D eigenvalue weighted by Crippen LogP contribution is -2.32. The Balaban J connectivity index is 1.96. The number of hydrogen-bond acceptors (Lipinski definition) is 7. The number of aromatic carboxylic acids is 1. The Morgan fingerprint density at radius 1 is 1.08 bits per heavy atom. The summed E-state index contributed by atoms with van der Waals surface area (Å²) in [4.78, 5) is 40.3. The molecule has 3 aromatic rings. The number of carbonyl (C=O) groups is 3. The lowest BCUT2D eigenvalue weighted by Gasteiger charge is -2.13. The number of anilines is 1. The first-order valence-corrected chi connectivity index (χ1v) is 11.8. The number of likely N-dealkylation sites (N-methyl/N-ethyl adjacent to an activating group) is 1. The van der Waals surface area contributed by atoms with Crippen LogP contribution in [-0.4, -0.2) is 62.1 Å². The van der Waals surface area contributed by atoms with Gasteiger partial charge in [-0.2, -0.15) is 5.26 Å². The maximum Gasteiger partial charge on any atom is 0.335 e. The molecule has 0 atom stereocenters. The Morgan fingerprint density at radius 3 is 2.36 bits per heavy atom. The minimum absolute atomic E-state index is 0.0402. The van der Waals surface area contributed by atoms with Crippen molar-refractivity contribution in [2.45, 2.75) is 6.92 Å². The number of methoxy groups -OCH3 is 1. The Morgan fingerprint density at radius 2 is 1.78 bits per heavy atom. The van der Waals surface area contributed by atoms with Crippen LogP contribution in [0.5, 0.6) is 5.75 Å². The topological polar surface area (TPSA) is 132 Å². The van der Waals surface area contributed by atoms with Crippen LogP contribution < -0.4 is 15.4 Å². The SMILES string of the molecule is COc1ccc(-c2c(C)sc(NC(=O)c3cc(C(=O)O)ccc3C(=O)NCCN(C)C)c2C#N)cc1. The average Bonchev–Trinajstić information content (AvgIpc) is 3.17. The molecule has 186 valence electrons. The summed E-state index contributed by atoms with van der Waals surface area (Å²) in [5, 5.41) is 25.1. The Labute approximate surface area is 212 Å². The quantitative estimate of drug-likeness (QED) is 0.402. The van der Waals surface area contributed by atoms with Gasteiger partial charge < -0.3 is 25.4 Å². The van der Waals surface area contributed by atoms with Crippen molar-refractivity contribution in [1.29, 1.82) is 5.26 Å². The van der Waals surface area contributed by atoms with Crippen LogP contribution in [0.1, 0.15) is 41.5 Å². The molecule has 0 bridgehead atoms. The van der Waals surface area contributed by atoms with E-state index in [1.807, 2.05) is 38.1 Å². The number of benzene rings is 2. The van der Waals surface area contributed by atoms with E-state index in [0.717, 1.165) is 16.5 Å². The second kappa shape index (κ2) is 11.5. The van der Waals surface area contributed by atoms with Gasteiger partial charge >= 0.3 is 5.97 Å². The summed E-state index contributed by atoms with van der Waals surface area (Å²) in [6.45, 7) is 2.78. The summed E-state index contributed by atoms with van der Waals surface area (Å²) in [5.74, 6) is -1.74. The Kier molecular flexibility index (Phi) is 8.42. The van der Waals surface area contributed by atoms with Gasteiger partial charge in [0, 0.05) is 23.5 Å². The second-order valence-electron chi connectivity index (χ2n) is 8.16. The fraction of sp³-hybridized carbons (Fsp3) is 0.231. The molecule has 3 rings (SSSR count). The van der Waals surface area contributed by atoms with Crippen LogP contribution in [0.25, 0.3) is 11.1 Å². The first kappa shape index (κ1) is 26.4. The fourth-order valence-corrected chi connectivity index (χ4v) is 4.59. The number of carbonyl (C=O) groups excluding carboxylic acids is 2. The zero-order chi connectivity index (χ0) is 26.4. The molecule has 2 aromatic carbocycles. The molecule has 0 fully saturated rings. The van der Waals surface area contributed by atoms with Crippen molar-refractivity contribution in [3.05, 3.63) is 69.6 Å². The monoisotopic (exact) mass is 506 g/mol. The molecule has 10 heteroatoms.